The number of hydrogen-bond acceptors (Lipinski definition) is 1. The first-order chi connectivity index (χ1) is 11.5. The Morgan fingerprint density at radius 2 is 1.92 bits per heavy atom. The summed E-state index contributed by atoms with van der Waals surface area (Å²) in [4.78, 5) is 0. The van der Waals surface area contributed by atoms with Gasteiger partial charge in [0.2, 0.25) is 0 Å². The van der Waals surface area contributed by atoms with Crippen molar-refractivity contribution in [1.82, 2.24) is 0 Å². The fourth-order valence-corrected chi connectivity index (χ4v) is 2.92. The van der Waals surface area contributed by atoms with Crippen LogP contribution < -0.4 is 5.32 Å². The molecule has 2 rings (SSSR count). The van der Waals surface area contributed by atoms with Crippen molar-refractivity contribution in [3.05, 3.63) is 90.5 Å². The van der Waals surface area contributed by atoms with E-state index >= 15 is 0 Å². The van der Waals surface area contributed by atoms with Gasteiger partial charge in [0, 0.05) is 17.0 Å². The average Bonchev–Trinajstić information content (AvgIpc) is 2.60. The number of phenols is 1. The lowest BCUT2D eigenvalue weighted by Gasteiger charge is -2.31. The fraction of sp³-hybridized carbons (Fsp3) is 0.182. The summed E-state index contributed by atoms with van der Waals surface area (Å²) in [6, 6.07) is 15.7. The Kier molecular flexibility index (Phi) is 5.78. The molecule has 2 aromatic rings. The van der Waals surface area contributed by atoms with Crippen LogP contribution in [0.3, 0.4) is 0 Å². The molecule has 24 heavy (non-hydrogen) atoms. The van der Waals surface area contributed by atoms with E-state index < -0.39 is 0 Å². The third kappa shape index (κ3) is 3.84. The number of allylic oxidation sites excluding steroid dienone is 3. The predicted octanol–water partition coefficient (Wildman–Crippen LogP) is 4.32. The largest absolute Gasteiger partial charge is 0.508 e. The molecule has 0 heterocycles. The Bertz CT molecular complexity index is 746. The number of phenolic OH excluding ortho intramolecular Hbond substituents is 1. The highest BCUT2D eigenvalue weighted by Crippen LogP contribution is 2.40. The molecule has 2 nitrogen and oxygen atoms in total. The number of nitrogens with two attached hydrogens (primary N) is 1. The van der Waals surface area contributed by atoms with Crippen molar-refractivity contribution >= 4 is 11.8 Å². The molecule has 2 aromatic carbocycles. The van der Waals surface area contributed by atoms with Crippen molar-refractivity contribution in [2.24, 2.45) is 0 Å². The van der Waals surface area contributed by atoms with E-state index in [4.69, 9.17) is 0 Å². The number of rotatable bonds is 7. The van der Waals surface area contributed by atoms with Crippen LogP contribution in [0.5, 0.6) is 5.75 Å². The van der Waals surface area contributed by atoms with Crippen molar-refractivity contribution < 1.29 is 10.4 Å². The zero-order chi connectivity index (χ0) is 17.6. The van der Waals surface area contributed by atoms with Crippen LogP contribution in [0.15, 0.2) is 79.4 Å². The Hall–Kier alpha value is -2.58. The van der Waals surface area contributed by atoms with Crippen LogP contribution in [0, 0.1) is 0 Å². The summed E-state index contributed by atoms with van der Waals surface area (Å²) in [7, 11) is 2.01. The molecule has 0 aliphatic carbocycles. The third-order valence-corrected chi connectivity index (χ3v) is 4.48. The number of quaternary nitrogens is 1. The van der Waals surface area contributed by atoms with E-state index in [2.05, 4.69) is 49.7 Å². The van der Waals surface area contributed by atoms with Crippen LogP contribution in [0.2, 0.25) is 0 Å². The third-order valence-electron chi connectivity index (χ3n) is 4.48. The molecule has 0 aliphatic heterocycles. The van der Waals surface area contributed by atoms with Crippen LogP contribution in [0.25, 0.3) is 6.08 Å². The summed E-state index contributed by atoms with van der Waals surface area (Å²) in [5.41, 5.74) is 3.96. The minimum absolute atomic E-state index is 0.269. The van der Waals surface area contributed by atoms with Gasteiger partial charge in [-0.2, -0.15) is 0 Å². The molecule has 0 fully saturated rings. The highest BCUT2D eigenvalue weighted by molar-refractivity contribution is 5.58. The van der Waals surface area contributed by atoms with Gasteiger partial charge in [-0.3, -0.25) is 0 Å². The van der Waals surface area contributed by atoms with Crippen molar-refractivity contribution in [3.8, 4) is 5.75 Å². The molecular weight excluding hydrogens is 294 g/mol. The molecule has 1 atom stereocenters. The van der Waals surface area contributed by atoms with Crippen molar-refractivity contribution in [2.45, 2.75) is 18.8 Å². The molecule has 0 bridgehead atoms. The minimum atomic E-state index is -0.326. The molecule has 124 valence electrons. The quantitative estimate of drug-likeness (QED) is 0.339. The second-order valence-corrected chi connectivity index (χ2v) is 6.15. The molecule has 2 heteroatoms. The van der Waals surface area contributed by atoms with E-state index in [1.807, 2.05) is 43.5 Å². The standard InChI is InChI=1S/C22H25NO/c1-5-15-22(3,20-16-19(24)13-14-21(20)23-4)17(2)11-12-18-9-7-6-8-10-18/h5-14,16,23-24H,1-2,15H2,3-4H3/p+1/b12-11+. The monoisotopic (exact) mass is 320 g/mol. The van der Waals surface area contributed by atoms with Crippen LogP contribution in [0.1, 0.15) is 24.5 Å². The van der Waals surface area contributed by atoms with E-state index in [9.17, 15) is 5.11 Å². The van der Waals surface area contributed by atoms with E-state index in [1.165, 1.54) is 0 Å². The Morgan fingerprint density at radius 3 is 2.54 bits per heavy atom. The van der Waals surface area contributed by atoms with Crippen LogP contribution >= 0.6 is 0 Å². The molecule has 0 amide bonds. The Morgan fingerprint density at radius 1 is 1.21 bits per heavy atom. The van der Waals surface area contributed by atoms with Crippen LogP contribution in [0.4, 0.5) is 5.69 Å². The summed E-state index contributed by atoms with van der Waals surface area (Å²) in [5, 5.41) is 12.0. The first kappa shape index (κ1) is 17.8. The van der Waals surface area contributed by atoms with Gasteiger partial charge < -0.3 is 10.4 Å². The molecule has 1 unspecified atom stereocenters. The molecule has 0 spiro atoms. The first-order valence-corrected chi connectivity index (χ1v) is 8.17. The summed E-state index contributed by atoms with van der Waals surface area (Å²) < 4.78 is 0. The van der Waals surface area contributed by atoms with Crippen molar-refractivity contribution in [1.29, 1.82) is 0 Å². The van der Waals surface area contributed by atoms with Gasteiger partial charge >= 0.3 is 0 Å². The molecule has 0 aromatic heterocycles. The SMILES string of the molecule is C=CCC(C)(C(=C)/C=C/c1ccccc1)c1cc(O)ccc1[NH2+]C. The second-order valence-electron chi connectivity index (χ2n) is 6.15. The molecule has 0 saturated carbocycles. The lowest BCUT2D eigenvalue weighted by Crippen LogP contribution is -2.73. The molecule has 3 N–H and O–H groups in total. The Balaban J connectivity index is 2.43. The zero-order valence-electron chi connectivity index (χ0n) is 14.5. The van der Waals surface area contributed by atoms with Gasteiger partial charge in [-0.1, -0.05) is 62.1 Å². The van der Waals surface area contributed by atoms with E-state index in [0.717, 1.165) is 28.8 Å². The minimum Gasteiger partial charge on any atom is -0.508 e. The number of benzene rings is 2. The van der Waals surface area contributed by atoms with Gasteiger partial charge in [0.1, 0.15) is 11.4 Å². The van der Waals surface area contributed by atoms with Gasteiger partial charge in [0.25, 0.3) is 0 Å². The number of hydrogen-bond donors (Lipinski definition) is 2. The average molecular weight is 320 g/mol. The maximum Gasteiger partial charge on any atom is 0.133 e. The van der Waals surface area contributed by atoms with Gasteiger partial charge in [0.05, 0.1) is 7.05 Å². The zero-order valence-corrected chi connectivity index (χ0v) is 14.5. The Labute approximate surface area is 144 Å². The summed E-state index contributed by atoms with van der Waals surface area (Å²) in [5.74, 6) is 0.269. The maximum atomic E-state index is 9.97. The van der Waals surface area contributed by atoms with E-state index in [0.29, 0.717) is 0 Å². The van der Waals surface area contributed by atoms with E-state index in [-0.39, 0.29) is 11.2 Å². The second kappa shape index (κ2) is 7.80. The summed E-state index contributed by atoms with van der Waals surface area (Å²) in [6.45, 7) is 10.4. The highest BCUT2D eigenvalue weighted by Gasteiger charge is 2.31. The lowest BCUT2D eigenvalue weighted by molar-refractivity contribution is -0.540. The molecule has 0 aliphatic rings. The van der Waals surface area contributed by atoms with Gasteiger partial charge in [0.15, 0.2) is 0 Å². The van der Waals surface area contributed by atoms with Gasteiger partial charge in [-0.25, -0.2) is 0 Å². The van der Waals surface area contributed by atoms with Crippen LogP contribution in [-0.2, 0) is 5.41 Å². The molecular formula is C22H26NO+. The lowest BCUT2D eigenvalue weighted by atomic mass is 9.72. The van der Waals surface area contributed by atoms with Gasteiger partial charge in [-0.05, 0) is 29.7 Å². The molecule has 0 radical (unpaired) electrons. The number of aromatic hydroxyl groups is 1. The maximum absolute atomic E-state index is 9.97. The summed E-state index contributed by atoms with van der Waals surface area (Å²) >= 11 is 0. The van der Waals surface area contributed by atoms with Gasteiger partial charge in [-0.15, -0.1) is 6.58 Å². The smallest absolute Gasteiger partial charge is 0.133 e. The first-order valence-electron chi connectivity index (χ1n) is 8.17. The van der Waals surface area contributed by atoms with Crippen molar-refractivity contribution in [2.75, 3.05) is 7.05 Å². The van der Waals surface area contributed by atoms with E-state index in [1.54, 1.807) is 6.07 Å². The fourth-order valence-electron chi connectivity index (χ4n) is 2.92. The summed E-state index contributed by atoms with van der Waals surface area (Å²) in [6.07, 6.45) is 6.78. The predicted molar refractivity (Wildman–Crippen MR) is 102 cm³/mol. The topological polar surface area (TPSA) is 36.8 Å². The van der Waals surface area contributed by atoms with Crippen LogP contribution in [-0.4, -0.2) is 12.2 Å². The van der Waals surface area contributed by atoms with Crippen molar-refractivity contribution in [3.63, 3.8) is 0 Å². The normalized spacial score (nSPS) is 13.6. The highest BCUT2D eigenvalue weighted by atomic mass is 16.3. The molecule has 0 saturated heterocycles.